The number of hydrogen-bond donors (Lipinski definition) is 1. The summed E-state index contributed by atoms with van der Waals surface area (Å²) in [5, 5.41) is 10.2. The minimum atomic E-state index is -0.848. The van der Waals surface area contributed by atoms with E-state index in [-0.39, 0.29) is 12.5 Å². The first-order valence-corrected chi connectivity index (χ1v) is 7.41. The summed E-state index contributed by atoms with van der Waals surface area (Å²) in [6.07, 6.45) is 0.487. The van der Waals surface area contributed by atoms with Gasteiger partial charge in [-0.1, -0.05) is 18.2 Å². The van der Waals surface area contributed by atoms with Crippen molar-refractivity contribution in [2.75, 3.05) is 13.1 Å². The van der Waals surface area contributed by atoms with Crippen molar-refractivity contribution < 1.29 is 19.1 Å². The third-order valence-electron chi connectivity index (χ3n) is 4.54. The third kappa shape index (κ3) is 2.36. The molecule has 2 atom stereocenters. The maximum Gasteiger partial charge on any atom is 0.311 e. The van der Waals surface area contributed by atoms with Crippen molar-refractivity contribution >= 4 is 22.8 Å². The highest BCUT2D eigenvalue weighted by molar-refractivity contribution is 5.86. The van der Waals surface area contributed by atoms with Crippen molar-refractivity contribution in [2.45, 2.75) is 26.2 Å². The number of carbonyl (C=O) groups excluding carboxylic acids is 1. The summed E-state index contributed by atoms with van der Waals surface area (Å²) in [6, 6.07) is 9.50. The second-order valence-electron chi connectivity index (χ2n) is 6.28. The van der Waals surface area contributed by atoms with Gasteiger partial charge in [0.05, 0.1) is 11.3 Å². The fourth-order valence-electron chi connectivity index (χ4n) is 2.94. The molecule has 0 saturated carbocycles. The van der Waals surface area contributed by atoms with Crippen LogP contribution < -0.4 is 0 Å². The van der Waals surface area contributed by atoms with Crippen LogP contribution in [-0.2, 0) is 9.59 Å². The molecule has 1 aliphatic rings. The zero-order valence-corrected chi connectivity index (χ0v) is 12.7. The predicted octanol–water partition coefficient (Wildman–Crippen LogP) is 2.86. The van der Waals surface area contributed by atoms with Gasteiger partial charge in [0.15, 0.2) is 0 Å². The van der Waals surface area contributed by atoms with E-state index in [0.717, 1.165) is 11.0 Å². The smallest absolute Gasteiger partial charge is 0.311 e. The number of furan rings is 1. The van der Waals surface area contributed by atoms with Crippen molar-refractivity contribution in [3.63, 3.8) is 0 Å². The topological polar surface area (TPSA) is 70.8 Å². The van der Waals surface area contributed by atoms with Gasteiger partial charge in [0.1, 0.15) is 11.3 Å². The molecule has 1 aromatic carbocycles. The van der Waals surface area contributed by atoms with Crippen LogP contribution in [0.4, 0.5) is 0 Å². The van der Waals surface area contributed by atoms with E-state index < -0.39 is 17.3 Å². The molecule has 0 aliphatic carbocycles. The van der Waals surface area contributed by atoms with E-state index in [9.17, 15) is 14.7 Å². The number of para-hydroxylation sites is 1. The average Bonchev–Trinajstić information content (AvgIpc) is 3.10. The second-order valence-corrected chi connectivity index (χ2v) is 6.28. The standard InChI is InChI=1S/C17H19NO4/c1-11(14-9-12-5-3-4-6-13(12)22-14)15(19)18-8-7-17(2,10-18)16(20)21/h3-6,9,11H,7-8,10H2,1-2H3,(H,20,21)/t11-,17-/m1/s1. The highest BCUT2D eigenvalue weighted by Crippen LogP contribution is 2.33. The zero-order chi connectivity index (χ0) is 15.9. The first kappa shape index (κ1) is 14.6. The summed E-state index contributed by atoms with van der Waals surface area (Å²) in [4.78, 5) is 25.5. The maximum absolute atomic E-state index is 12.6. The van der Waals surface area contributed by atoms with Gasteiger partial charge in [-0.05, 0) is 32.4 Å². The number of fused-ring (bicyclic) bond motifs is 1. The van der Waals surface area contributed by atoms with E-state index >= 15 is 0 Å². The van der Waals surface area contributed by atoms with Gasteiger partial charge >= 0.3 is 5.97 Å². The molecule has 116 valence electrons. The van der Waals surface area contributed by atoms with E-state index in [2.05, 4.69) is 0 Å². The highest BCUT2D eigenvalue weighted by Gasteiger charge is 2.43. The number of hydrogen-bond acceptors (Lipinski definition) is 3. The average molecular weight is 301 g/mol. The first-order chi connectivity index (χ1) is 10.4. The van der Waals surface area contributed by atoms with Gasteiger partial charge < -0.3 is 14.4 Å². The molecule has 3 rings (SSSR count). The molecular weight excluding hydrogens is 282 g/mol. The lowest BCUT2D eigenvalue weighted by molar-refractivity contribution is -0.147. The van der Waals surface area contributed by atoms with Crippen LogP contribution in [0.2, 0.25) is 0 Å². The van der Waals surface area contributed by atoms with E-state index in [1.165, 1.54) is 0 Å². The fourth-order valence-corrected chi connectivity index (χ4v) is 2.94. The van der Waals surface area contributed by atoms with Crippen LogP contribution in [0.15, 0.2) is 34.7 Å². The quantitative estimate of drug-likeness (QED) is 0.946. The lowest BCUT2D eigenvalue weighted by atomic mass is 9.90. The van der Waals surface area contributed by atoms with Crippen LogP contribution in [0.5, 0.6) is 0 Å². The molecule has 1 aromatic heterocycles. The van der Waals surface area contributed by atoms with Gasteiger partial charge in [-0.2, -0.15) is 0 Å². The number of benzene rings is 1. The molecule has 1 saturated heterocycles. The Balaban J connectivity index is 1.79. The molecule has 5 nitrogen and oxygen atoms in total. The van der Waals surface area contributed by atoms with Crippen molar-refractivity contribution in [1.82, 2.24) is 4.90 Å². The molecule has 0 spiro atoms. The molecular formula is C17H19NO4. The number of amides is 1. The Labute approximate surface area is 128 Å². The summed E-state index contributed by atoms with van der Waals surface area (Å²) < 4.78 is 5.75. The Morgan fingerprint density at radius 1 is 1.36 bits per heavy atom. The first-order valence-electron chi connectivity index (χ1n) is 7.41. The summed E-state index contributed by atoms with van der Waals surface area (Å²) in [6.45, 7) is 4.23. The Bertz CT molecular complexity index is 702. The van der Waals surface area contributed by atoms with E-state index in [1.54, 1.807) is 18.7 Å². The van der Waals surface area contributed by atoms with Gasteiger partial charge in [-0.3, -0.25) is 9.59 Å². The highest BCUT2D eigenvalue weighted by atomic mass is 16.4. The molecule has 22 heavy (non-hydrogen) atoms. The Morgan fingerprint density at radius 2 is 2.09 bits per heavy atom. The van der Waals surface area contributed by atoms with Crippen LogP contribution in [0.25, 0.3) is 11.0 Å². The van der Waals surface area contributed by atoms with Crippen LogP contribution in [0, 0.1) is 5.41 Å². The Morgan fingerprint density at radius 3 is 2.73 bits per heavy atom. The number of rotatable bonds is 3. The molecule has 1 amide bonds. The summed E-state index contributed by atoms with van der Waals surface area (Å²) in [7, 11) is 0. The fraction of sp³-hybridized carbons (Fsp3) is 0.412. The molecule has 0 bridgehead atoms. The van der Waals surface area contributed by atoms with E-state index in [4.69, 9.17) is 4.42 Å². The van der Waals surface area contributed by atoms with Crippen molar-refractivity contribution in [3.8, 4) is 0 Å². The minimum absolute atomic E-state index is 0.0796. The number of likely N-dealkylation sites (tertiary alicyclic amines) is 1. The molecule has 1 N–H and O–H groups in total. The lowest BCUT2D eigenvalue weighted by Crippen LogP contribution is -2.36. The maximum atomic E-state index is 12.6. The second kappa shape index (κ2) is 5.16. The number of nitrogens with zero attached hydrogens (tertiary/aromatic N) is 1. The van der Waals surface area contributed by atoms with Crippen LogP contribution >= 0.6 is 0 Å². The Kier molecular flexibility index (Phi) is 3.43. The zero-order valence-electron chi connectivity index (χ0n) is 12.7. The van der Waals surface area contributed by atoms with Gasteiger partial charge in [-0.25, -0.2) is 0 Å². The SMILES string of the molecule is C[C@@H](C(=O)N1CC[C@@](C)(C(=O)O)C1)c1cc2ccccc2o1. The summed E-state index contributed by atoms with van der Waals surface area (Å²) >= 11 is 0. The van der Waals surface area contributed by atoms with Gasteiger partial charge in [0.2, 0.25) is 5.91 Å². The predicted molar refractivity (Wildman–Crippen MR) is 81.6 cm³/mol. The number of carboxylic acid groups (broad SMARTS) is 1. The molecule has 2 heterocycles. The van der Waals surface area contributed by atoms with Gasteiger partial charge in [0, 0.05) is 18.5 Å². The molecule has 0 unspecified atom stereocenters. The minimum Gasteiger partial charge on any atom is -0.481 e. The van der Waals surface area contributed by atoms with Crippen LogP contribution in [0.3, 0.4) is 0 Å². The molecule has 2 aromatic rings. The van der Waals surface area contributed by atoms with Crippen LogP contribution in [0.1, 0.15) is 31.9 Å². The lowest BCUT2D eigenvalue weighted by Gasteiger charge is -2.22. The van der Waals surface area contributed by atoms with Crippen molar-refractivity contribution in [3.05, 3.63) is 36.1 Å². The molecule has 5 heteroatoms. The number of carboxylic acids is 1. The third-order valence-corrected chi connectivity index (χ3v) is 4.54. The van der Waals surface area contributed by atoms with Crippen LogP contribution in [-0.4, -0.2) is 35.0 Å². The summed E-state index contributed by atoms with van der Waals surface area (Å²) in [5.74, 6) is -0.720. The van der Waals surface area contributed by atoms with Gasteiger partial charge in [-0.15, -0.1) is 0 Å². The number of carbonyl (C=O) groups is 2. The molecule has 0 radical (unpaired) electrons. The molecule has 1 aliphatic heterocycles. The Hall–Kier alpha value is -2.30. The van der Waals surface area contributed by atoms with Crippen molar-refractivity contribution in [2.24, 2.45) is 5.41 Å². The number of aliphatic carboxylic acids is 1. The normalized spacial score (nSPS) is 22.9. The van der Waals surface area contributed by atoms with Crippen molar-refractivity contribution in [1.29, 1.82) is 0 Å². The van der Waals surface area contributed by atoms with Gasteiger partial charge in [0.25, 0.3) is 0 Å². The largest absolute Gasteiger partial charge is 0.481 e. The summed E-state index contributed by atoms with van der Waals surface area (Å²) in [5.41, 5.74) is -0.0857. The van der Waals surface area contributed by atoms with E-state index in [0.29, 0.717) is 18.7 Å². The van der Waals surface area contributed by atoms with E-state index in [1.807, 2.05) is 30.3 Å². The molecule has 1 fully saturated rings. The monoisotopic (exact) mass is 301 g/mol.